The van der Waals surface area contributed by atoms with Gasteiger partial charge in [0.25, 0.3) is 0 Å². The van der Waals surface area contributed by atoms with E-state index >= 15 is 0 Å². The van der Waals surface area contributed by atoms with E-state index in [4.69, 9.17) is 0 Å². The van der Waals surface area contributed by atoms with E-state index in [0.29, 0.717) is 11.3 Å². The average Bonchev–Trinajstić information content (AvgIpc) is 3.32. The van der Waals surface area contributed by atoms with Gasteiger partial charge in [-0.15, -0.1) is 0 Å². The minimum Gasteiger partial charge on any atom is -0.352 e. The maximum absolute atomic E-state index is 14.2. The molecule has 174 valence electrons. The molecular formula is C29H23FN2O3. The van der Waals surface area contributed by atoms with E-state index in [1.807, 2.05) is 66.4 Å². The molecule has 0 saturated carbocycles. The number of ketones is 2. The summed E-state index contributed by atoms with van der Waals surface area (Å²) >= 11 is 0. The fourth-order valence-corrected chi connectivity index (χ4v) is 6.25. The zero-order valence-electron chi connectivity index (χ0n) is 19.3. The van der Waals surface area contributed by atoms with Gasteiger partial charge in [-0.3, -0.25) is 14.4 Å². The summed E-state index contributed by atoms with van der Waals surface area (Å²) in [5, 5.41) is 2.98. The molecule has 3 aromatic carbocycles. The number of para-hydroxylation sites is 1. The highest BCUT2D eigenvalue weighted by molar-refractivity contribution is 6.16. The first kappa shape index (κ1) is 21.5. The summed E-state index contributed by atoms with van der Waals surface area (Å²) in [7, 11) is 0. The van der Waals surface area contributed by atoms with Gasteiger partial charge in [0.05, 0.1) is 18.0 Å². The number of nitrogens with one attached hydrogen (secondary N) is 1. The number of anilines is 2. The van der Waals surface area contributed by atoms with E-state index in [9.17, 15) is 18.8 Å². The monoisotopic (exact) mass is 466 g/mol. The number of hydrogen-bond acceptors (Lipinski definition) is 4. The van der Waals surface area contributed by atoms with Crippen LogP contribution in [0.25, 0.3) is 6.08 Å². The molecule has 4 atom stereocenters. The van der Waals surface area contributed by atoms with Crippen molar-refractivity contribution >= 4 is 34.9 Å². The van der Waals surface area contributed by atoms with Crippen molar-refractivity contribution in [2.75, 3.05) is 10.2 Å². The van der Waals surface area contributed by atoms with E-state index in [1.54, 1.807) is 0 Å². The third kappa shape index (κ3) is 2.83. The Morgan fingerprint density at radius 2 is 1.77 bits per heavy atom. The van der Waals surface area contributed by atoms with Gasteiger partial charge >= 0.3 is 0 Å². The highest BCUT2D eigenvalue weighted by Crippen LogP contribution is 2.57. The number of carbonyl (C=O) groups excluding carboxylic acids is 3. The molecule has 3 aliphatic heterocycles. The van der Waals surface area contributed by atoms with Crippen molar-refractivity contribution < 1.29 is 18.8 Å². The molecule has 0 radical (unpaired) electrons. The van der Waals surface area contributed by atoms with Gasteiger partial charge in [0.1, 0.15) is 11.2 Å². The Labute approximate surface area is 202 Å². The van der Waals surface area contributed by atoms with Crippen molar-refractivity contribution in [3.05, 3.63) is 101 Å². The van der Waals surface area contributed by atoms with E-state index in [1.165, 1.54) is 31.2 Å². The molecule has 1 fully saturated rings. The molecule has 3 aromatic rings. The molecule has 3 heterocycles. The zero-order valence-corrected chi connectivity index (χ0v) is 19.3. The van der Waals surface area contributed by atoms with Crippen LogP contribution in [0.1, 0.15) is 34.0 Å². The first-order valence-electron chi connectivity index (χ1n) is 11.6. The number of hydrogen-bond donors (Lipinski definition) is 1. The number of amides is 1. The molecule has 6 rings (SSSR count). The molecule has 5 nitrogen and oxygen atoms in total. The molecule has 35 heavy (non-hydrogen) atoms. The maximum Gasteiger partial charge on any atom is 0.238 e. The van der Waals surface area contributed by atoms with Crippen LogP contribution in [-0.4, -0.2) is 29.6 Å². The molecule has 0 bridgehead atoms. The number of halogens is 1. The smallest absolute Gasteiger partial charge is 0.238 e. The summed E-state index contributed by atoms with van der Waals surface area (Å²) in [4.78, 5) is 43.4. The van der Waals surface area contributed by atoms with Crippen LogP contribution in [0.5, 0.6) is 0 Å². The van der Waals surface area contributed by atoms with E-state index in [0.717, 1.165) is 16.8 Å². The predicted octanol–water partition coefficient (Wildman–Crippen LogP) is 4.70. The number of benzene rings is 3. The number of aryl methyl sites for hydroxylation is 1. The Balaban J connectivity index is 1.65. The number of nitrogens with zero attached hydrogens (tertiary/aromatic N) is 1. The second kappa shape index (κ2) is 7.47. The van der Waals surface area contributed by atoms with Crippen LogP contribution in [0.4, 0.5) is 15.8 Å². The lowest BCUT2D eigenvalue weighted by molar-refractivity contribution is -0.122. The van der Waals surface area contributed by atoms with Gasteiger partial charge in [-0.25, -0.2) is 4.39 Å². The predicted molar refractivity (Wildman–Crippen MR) is 132 cm³/mol. The highest BCUT2D eigenvalue weighted by atomic mass is 19.1. The maximum atomic E-state index is 14.2. The van der Waals surface area contributed by atoms with Crippen molar-refractivity contribution in [2.24, 2.45) is 5.92 Å². The third-order valence-corrected chi connectivity index (χ3v) is 7.62. The van der Waals surface area contributed by atoms with Crippen LogP contribution in [-0.2, 0) is 15.0 Å². The van der Waals surface area contributed by atoms with Gasteiger partial charge in [0.15, 0.2) is 11.6 Å². The molecule has 0 aliphatic carbocycles. The van der Waals surface area contributed by atoms with Crippen molar-refractivity contribution in [3.63, 3.8) is 0 Å². The Bertz CT molecular complexity index is 1440. The second-order valence-electron chi connectivity index (χ2n) is 9.55. The summed E-state index contributed by atoms with van der Waals surface area (Å²) < 4.78 is 13.7. The van der Waals surface area contributed by atoms with Crippen LogP contribution in [0.2, 0.25) is 0 Å². The minimum atomic E-state index is -1.32. The fourth-order valence-electron chi connectivity index (χ4n) is 6.25. The lowest BCUT2D eigenvalue weighted by atomic mass is 9.64. The number of carbonyl (C=O) groups is 3. The van der Waals surface area contributed by atoms with Crippen molar-refractivity contribution in [1.82, 2.24) is 0 Å². The minimum absolute atomic E-state index is 0.202. The van der Waals surface area contributed by atoms with Crippen LogP contribution >= 0.6 is 0 Å². The molecule has 1 saturated heterocycles. The van der Waals surface area contributed by atoms with Crippen molar-refractivity contribution in [3.8, 4) is 0 Å². The van der Waals surface area contributed by atoms with Crippen molar-refractivity contribution in [2.45, 2.75) is 31.3 Å². The first-order valence-corrected chi connectivity index (χ1v) is 11.6. The SMILES string of the molecule is CC(=O)[C@@H]1[C@@H](C(=O)c2ccc(F)cc2)[C@]2(C(=O)Nc3ccccc32)[C@H]2C=Cc3cc(C)ccc3N12. The molecule has 1 spiro atoms. The number of fused-ring (bicyclic) bond motifs is 6. The summed E-state index contributed by atoms with van der Waals surface area (Å²) in [6.07, 6.45) is 3.92. The summed E-state index contributed by atoms with van der Waals surface area (Å²) in [6.45, 7) is 3.46. The largest absolute Gasteiger partial charge is 0.352 e. The molecular weight excluding hydrogens is 443 g/mol. The van der Waals surface area contributed by atoms with Gasteiger partial charge in [0.2, 0.25) is 5.91 Å². The zero-order chi connectivity index (χ0) is 24.5. The molecule has 6 heteroatoms. The summed E-state index contributed by atoms with van der Waals surface area (Å²) in [5.74, 6) is -2.33. The number of rotatable bonds is 3. The Morgan fingerprint density at radius 1 is 1.03 bits per heavy atom. The summed E-state index contributed by atoms with van der Waals surface area (Å²) in [5.41, 5.74) is 3.11. The Morgan fingerprint density at radius 3 is 2.51 bits per heavy atom. The second-order valence-corrected chi connectivity index (χ2v) is 9.55. The molecule has 1 N–H and O–H groups in total. The van der Waals surface area contributed by atoms with Crippen LogP contribution in [0.15, 0.2) is 72.8 Å². The standard InChI is InChI=1S/C29H23FN2O3/c1-16-7-13-23-19(15-16)10-14-24-29(21-5-3-4-6-22(21)31-28(29)35)25(26(17(2)33)32(23)24)27(34)18-8-11-20(30)12-9-18/h3-15,24-26H,1-2H3,(H,31,35)/t24-,25+,26-,29-/m1/s1. The molecule has 0 unspecified atom stereocenters. The lowest BCUT2D eigenvalue weighted by Gasteiger charge is -2.37. The van der Waals surface area contributed by atoms with Crippen molar-refractivity contribution in [1.29, 1.82) is 0 Å². The molecule has 0 aromatic heterocycles. The van der Waals surface area contributed by atoms with Gasteiger partial charge in [0, 0.05) is 16.9 Å². The third-order valence-electron chi connectivity index (χ3n) is 7.62. The van der Waals surface area contributed by atoms with Crippen LogP contribution < -0.4 is 10.2 Å². The lowest BCUT2D eigenvalue weighted by Crippen LogP contribution is -2.51. The van der Waals surface area contributed by atoms with E-state index in [-0.39, 0.29) is 23.0 Å². The van der Waals surface area contributed by atoms with E-state index in [2.05, 4.69) is 5.32 Å². The summed E-state index contributed by atoms with van der Waals surface area (Å²) in [6, 6.07) is 17.2. The van der Waals surface area contributed by atoms with Gasteiger partial charge in [-0.05, 0) is 67.4 Å². The van der Waals surface area contributed by atoms with Crippen LogP contribution in [0, 0.1) is 18.7 Å². The van der Waals surface area contributed by atoms with Crippen LogP contribution in [0.3, 0.4) is 0 Å². The highest BCUT2D eigenvalue weighted by Gasteiger charge is 2.69. The van der Waals surface area contributed by atoms with Gasteiger partial charge in [-0.1, -0.05) is 42.0 Å². The Kier molecular flexibility index (Phi) is 4.58. The Hall–Kier alpha value is -4.06. The fraction of sp³-hybridized carbons (Fsp3) is 0.207. The average molecular weight is 467 g/mol. The molecule has 3 aliphatic rings. The van der Waals surface area contributed by atoms with Gasteiger partial charge < -0.3 is 10.2 Å². The topological polar surface area (TPSA) is 66.5 Å². The first-order chi connectivity index (χ1) is 16.8. The van der Waals surface area contributed by atoms with Gasteiger partial charge in [-0.2, -0.15) is 0 Å². The normalized spacial score (nSPS) is 25.7. The quantitative estimate of drug-likeness (QED) is 0.569. The number of Topliss-reactive ketones (excluding diaryl/α,β-unsaturated/α-hetero) is 2. The van der Waals surface area contributed by atoms with E-state index < -0.39 is 29.2 Å². The molecule has 1 amide bonds.